The Morgan fingerprint density at radius 1 is 1.00 bits per heavy atom. The Balaban J connectivity index is 1.68. The van der Waals surface area contributed by atoms with Crippen molar-refractivity contribution in [2.75, 3.05) is 6.54 Å². The normalized spacial score (nSPS) is 26.1. The lowest BCUT2D eigenvalue weighted by molar-refractivity contribution is -0.143. The Kier molecular flexibility index (Phi) is 6.60. The number of fused-ring (bicyclic) bond motifs is 1. The van der Waals surface area contributed by atoms with Crippen molar-refractivity contribution in [1.82, 2.24) is 4.90 Å². The second-order valence-electron chi connectivity index (χ2n) is 9.05. The quantitative estimate of drug-likeness (QED) is 0.566. The van der Waals surface area contributed by atoms with E-state index in [9.17, 15) is 35.5 Å². The molecule has 2 N–H and O–H groups in total. The van der Waals surface area contributed by atoms with Crippen molar-refractivity contribution in [3.05, 3.63) is 70.5 Å². The van der Waals surface area contributed by atoms with E-state index in [1.54, 1.807) is 4.90 Å². The van der Waals surface area contributed by atoms with Crippen molar-refractivity contribution >= 4 is 5.91 Å². The molecule has 4 nitrogen and oxygen atoms in total. The molecule has 1 unspecified atom stereocenters. The van der Waals surface area contributed by atoms with Gasteiger partial charge in [0, 0.05) is 31.0 Å². The number of hydrogen-bond donors (Lipinski definition) is 1. The highest BCUT2D eigenvalue weighted by molar-refractivity contribution is 5.79. The third-order valence-corrected chi connectivity index (χ3v) is 6.61. The molecule has 2 saturated heterocycles. The average Bonchev–Trinajstić information content (AvgIpc) is 3.11. The van der Waals surface area contributed by atoms with Crippen molar-refractivity contribution in [1.29, 1.82) is 0 Å². The molecular weight excluding hydrogens is 481 g/mol. The Hall–Kier alpha value is -2.66. The molecule has 2 aliphatic rings. The summed E-state index contributed by atoms with van der Waals surface area (Å²) in [4.78, 5) is 14.2. The molecule has 0 aliphatic carbocycles. The molecule has 2 heterocycles. The molecule has 2 aromatic carbocycles. The van der Waals surface area contributed by atoms with Gasteiger partial charge in [-0.3, -0.25) is 4.79 Å². The summed E-state index contributed by atoms with van der Waals surface area (Å²) in [6.45, 7) is 1.45. The molecule has 0 aromatic heterocycles. The van der Waals surface area contributed by atoms with Crippen LogP contribution in [0, 0.1) is 5.82 Å². The molecule has 0 saturated carbocycles. The number of rotatable bonds is 4. The second kappa shape index (κ2) is 9.09. The molecule has 11 heteroatoms. The standard InChI is InChI=1S/C24H23F7N2O2/c1-12(14-6-15(23(26,27)28)8-16(7-14)24(29,30)31)35-20-11-33-19(9-18(32)10-21(33)34)22(20)13-2-4-17(25)5-3-13/h2-8,12,18-20,22H,9-11,32H2,1H3/t12-,18?,19+,20+,22+/m1/s1. The maximum atomic E-state index is 13.5. The van der Waals surface area contributed by atoms with Gasteiger partial charge >= 0.3 is 12.4 Å². The van der Waals surface area contributed by atoms with Crippen LogP contribution in [-0.2, 0) is 21.9 Å². The van der Waals surface area contributed by atoms with Gasteiger partial charge in [-0.2, -0.15) is 26.3 Å². The summed E-state index contributed by atoms with van der Waals surface area (Å²) < 4.78 is 99.4. The smallest absolute Gasteiger partial charge is 0.368 e. The van der Waals surface area contributed by atoms with E-state index in [-0.39, 0.29) is 36.5 Å². The van der Waals surface area contributed by atoms with Gasteiger partial charge in [-0.25, -0.2) is 4.39 Å². The molecule has 1 amide bonds. The number of carbonyl (C=O) groups excluding carboxylic acids is 1. The van der Waals surface area contributed by atoms with E-state index in [0.29, 0.717) is 24.1 Å². The molecule has 0 bridgehead atoms. The second-order valence-corrected chi connectivity index (χ2v) is 9.05. The van der Waals surface area contributed by atoms with E-state index < -0.39 is 53.5 Å². The largest absolute Gasteiger partial charge is 0.416 e. The van der Waals surface area contributed by atoms with Crippen molar-refractivity contribution in [3.8, 4) is 0 Å². The Morgan fingerprint density at radius 3 is 2.11 bits per heavy atom. The van der Waals surface area contributed by atoms with Crippen LogP contribution < -0.4 is 5.73 Å². The lowest BCUT2D eigenvalue weighted by Crippen LogP contribution is -2.48. The number of nitrogens with two attached hydrogens (primary N) is 1. The number of benzene rings is 2. The third-order valence-electron chi connectivity index (χ3n) is 6.61. The van der Waals surface area contributed by atoms with E-state index >= 15 is 0 Å². The van der Waals surface area contributed by atoms with Crippen molar-refractivity contribution in [3.63, 3.8) is 0 Å². The fourth-order valence-electron chi connectivity index (χ4n) is 4.98. The van der Waals surface area contributed by atoms with Gasteiger partial charge in [0.15, 0.2) is 0 Å². The number of halogens is 7. The minimum absolute atomic E-state index is 0.0629. The van der Waals surface area contributed by atoms with Gasteiger partial charge in [-0.15, -0.1) is 0 Å². The van der Waals surface area contributed by atoms with Gasteiger partial charge in [0.25, 0.3) is 0 Å². The monoisotopic (exact) mass is 504 g/mol. The van der Waals surface area contributed by atoms with Crippen LogP contribution in [0.5, 0.6) is 0 Å². The Labute approximate surface area is 196 Å². The summed E-state index contributed by atoms with van der Waals surface area (Å²) in [7, 11) is 0. The van der Waals surface area contributed by atoms with Crippen LogP contribution in [-0.4, -0.2) is 35.5 Å². The van der Waals surface area contributed by atoms with Gasteiger partial charge < -0.3 is 15.4 Å². The van der Waals surface area contributed by atoms with Crippen LogP contribution in [0.2, 0.25) is 0 Å². The summed E-state index contributed by atoms with van der Waals surface area (Å²) in [5, 5.41) is 0. The number of amides is 1. The maximum Gasteiger partial charge on any atom is 0.416 e. The topological polar surface area (TPSA) is 55.6 Å². The summed E-state index contributed by atoms with van der Waals surface area (Å²) in [6.07, 6.45) is -11.3. The highest BCUT2D eigenvalue weighted by atomic mass is 19.4. The van der Waals surface area contributed by atoms with Crippen LogP contribution in [0.15, 0.2) is 42.5 Å². The number of piperidine rings is 1. The van der Waals surface area contributed by atoms with Gasteiger partial charge in [0.05, 0.1) is 23.3 Å². The minimum atomic E-state index is -4.98. The van der Waals surface area contributed by atoms with Crippen molar-refractivity contribution in [2.24, 2.45) is 5.73 Å². The molecule has 5 atom stereocenters. The van der Waals surface area contributed by atoms with E-state index in [0.717, 1.165) is 0 Å². The molecule has 2 aliphatic heterocycles. The molecule has 2 aromatic rings. The molecular formula is C24H23F7N2O2. The molecule has 4 rings (SSSR count). The number of ether oxygens (including phenoxy) is 1. The first-order valence-electron chi connectivity index (χ1n) is 11.0. The molecule has 35 heavy (non-hydrogen) atoms. The van der Waals surface area contributed by atoms with Gasteiger partial charge in [-0.05, 0) is 54.8 Å². The SMILES string of the molecule is C[C@@H](O[C@H]1CN2C(=O)CC(N)C[C@H]2[C@@H]1c1ccc(F)cc1)c1cc(C(F)(F)F)cc(C(F)(F)F)c1. The highest BCUT2D eigenvalue weighted by Crippen LogP contribution is 2.43. The first-order chi connectivity index (χ1) is 16.2. The van der Waals surface area contributed by atoms with Gasteiger partial charge in [0.1, 0.15) is 5.82 Å². The molecule has 0 spiro atoms. The summed E-state index contributed by atoms with van der Waals surface area (Å²) in [6, 6.07) is 6.08. The van der Waals surface area contributed by atoms with Crippen molar-refractivity contribution in [2.45, 2.75) is 62.3 Å². The van der Waals surface area contributed by atoms with Crippen LogP contribution in [0.3, 0.4) is 0 Å². The van der Waals surface area contributed by atoms with E-state index in [1.807, 2.05) is 0 Å². The summed E-state index contributed by atoms with van der Waals surface area (Å²) >= 11 is 0. The average molecular weight is 504 g/mol. The van der Waals surface area contributed by atoms with Crippen LogP contribution >= 0.6 is 0 Å². The fourth-order valence-corrected chi connectivity index (χ4v) is 4.98. The number of alkyl halides is 6. The molecule has 190 valence electrons. The Bertz CT molecular complexity index is 1050. The highest BCUT2D eigenvalue weighted by Gasteiger charge is 2.49. The number of carbonyl (C=O) groups is 1. The number of hydrogen-bond acceptors (Lipinski definition) is 3. The first-order valence-corrected chi connectivity index (χ1v) is 11.0. The zero-order valence-electron chi connectivity index (χ0n) is 18.5. The summed E-state index contributed by atoms with van der Waals surface area (Å²) in [5.74, 6) is -1.17. The first kappa shape index (κ1) is 25.4. The third kappa shape index (κ3) is 5.30. The van der Waals surface area contributed by atoms with Crippen LogP contribution in [0.4, 0.5) is 30.7 Å². The minimum Gasteiger partial charge on any atom is -0.368 e. The molecule has 2 fully saturated rings. The summed E-state index contributed by atoms with van der Waals surface area (Å²) in [5.41, 5.74) is 3.52. The Morgan fingerprint density at radius 2 is 1.57 bits per heavy atom. The van der Waals surface area contributed by atoms with E-state index in [4.69, 9.17) is 10.5 Å². The molecule has 0 radical (unpaired) electrons. The van der Waals surface area contributed by atoms with Crippen molar-refractivity contribution < 1.29 is 40.3 Å². The lowest BCUT2D eigenvalue weighted by atomic mass is 9.84. The zero-order chi connectivity index (χ0) is 25.7. The van der Waals surface area contributed by atoms with Gasteiger partial charge in [-0.1, -0.05) is 12.1 Å². The van der Waals surface area contributed by atoms with Gasteiger partial charge in [0.2, 0.25) is 5.91 Å². The predicted octanol–water partition coefficient (Wildman–Crippen LogP) is 5.43. The maximum absolute atomic E-state index is 13.5. The van der Waals surface area contributed by atoms with E-state index in [2.05, 4.69) is 0 Å². The van der Waals surface area contributed by atoms with Crippen LogP contribution in [0.1, 0.15) is 54.0 Å². The van der Waals surface area contributed by atoms with Crippen LogP contribution in [0.25, 0.3) is 0 Å². The zero-order valence-corrected chi connectivity index (χ0v) is 18.5. The predicted molar refractivity (Wildman–Crippen MR) is 112 cm³/mol. The fraction of sp³-hybridized carbons (Fsp3) is 0.458. The number of nitrogens with zero attached hydrogens (tertiary/aromatic N) is 1. The van der Waals surface area contributed by atoms with E-state index in [1.165, 1.54) is 31.2 Å². The lowest BCUT2D eigenvalue weighted by Gasteiger charge is -2.35.